The van der Waals surface area contributed by atoms with Gasteiger partial charge in [0.1, 0.15) is 0 Å². The average molecular weight is 258 g/mol. The summed E-state index contributed by atoms with van der Waals surface area (Å²) >= 11 is 0. The number of rotatable bonds is 4. The van der Waals surface area contributed by atoms with Gasteiger partial charge in [-0.3, -0.25) is 0 Å². The van der Waals surface area contributed by atoms with Crippen LogP contribution in [0.25, 0.3) is 0 Å². The third-order valence-electron chi connectivity index (χ3n) is 4.40. The van der Waals surface area contributed by atoms with E-state index in [1.165, 1.54) is 44.1 Å². The van der Waals surface area contributed by atoms with Gasteiger partial charge in [0.05, 0.1) is 0 Å². The Bertz CT molecular complexity index is 397. The zero-order chi connectivity index (χ0) is 13.9. The van der Waals surface area contributed by atoms with Crippen LogP contribution in [0.4, 0.5) is 0 Å². The molecule has 1 aromatic carbocycles. The Morgan fingerprint density at radius 1 is 1.16 bits per heavy atom. The summed E-state index contributed by atoms with van der Waals surface area (Å²) in [5.41, 5.74) is 3.50. The summed E-state index contributed by atoms with van der Waals surface area (Å²) in [5, 5.41) is 0. The molecule has 0 N–H and O–H groups in total. The first kappa shape index (κ1) is 14.6. The molecule has 106 valence electrons. The molecule has 1 aromatic rings. The molecule has 2 rings (SSSR count). The molecule has 1 fully saturated rings. The van der Waals surface area contributed by atoms with Crippen LogP contribution in [0, 0.1) is 11.3 Å². The topological polar surface area (TPSA) is 0 Å². The van der Waals surface area contributed by atoms with Gasteiger partial charge >= 0.3 is 0 Å². The van der Waals surface area contributed by atoms with E-state index >= 15 is 0 Å². The van der Waals surface area contributed by atoms with Crippen molar-refractivity contribution in [1.29, 1.82) is 0 Å². The quantitative estimate of drug-likeness (QED) is 0.625. The molecule has 0 aliphatic heterocycles. The van der Waals surface area contributed by atoms with Crippen LogP contribution in [0.1, 0.15) is 76.8 Å². The minimum atomic E-state index is 0.388. The molecule has 19 heavy (non-hydrogen) atoms. The maximum absolute atomic E-state index is 2.48. The first-order valence-electron chi connectivity index (χ1n) is 8.07. The maximum Gasteiger partial charge on any atom is -0.0159 e. The second-order valence-electron chi connectivity index (χ2n) is 7.65. The molecule has 0 radical (unpaired) electrons. The van der Waals surface area contributed by atoms with E-state index < -0.39 is 0 Å². The van der Waals surface area contributed by atoms with Gasteiger partial charge in [0.15, 0.2) is 0 Å². The molecular weight excluding hydrogens is 228 g/mol. The minimum absolute atomic E-state index is 0.388. The summed E-state index contributed by atoms with van der Waals surface area (Å²) in [4.78, 5) is 0. The first-order valence-corrected chi connectivity index (χ1v) is 8.07. The summed E-state index contributed by atoms with van der Waals surface area (Å²) in [6, 6.07) is 9.40. The van der Waals surface area contributed by atoms with E-state index in [1.54, 1.807) is 5.56 Å². The van der Waals surface area contributed by atoms with Crippen LogP contribution in [0.3, 0.4) is 0 Å². The molecule has 1 aliphatic carbocycles. The summed E-state index contributed by atoms with van der Waals surface area (Å²) in [5.74, 6) is 1.82. The van der Waals surface area contributed by atoms with Crippen LogP contribution in [0.15, 0.2) is 24.3 Å². The van der Waals surface area contributed by atoms with Crippen molar-refractivity contribution in [1.82, 2.24) is 0 Å². The normalized spacial score (nSPS) is 23.8. The van der Waals surface area contributed by atoms with Crippen LogP contribution in [-0.2, 0) is 6.42 Å². The van der Waals surface area contributed by atoms with E-state index in [4.69, 9.17) is 0 Å². The van der Waals surface area contributed by atoms with Crippen molar-refractivity contribution in [2.45, 2.75) is 72.1 Å². The molecule has 0 aromatic heterocycles. The Morgan fingerprint density at radius 3 is 2.63 bits per heavy atom. The van der Waals surface area contributed by atoms with E-state index in [2.05, 4.69) is 52.0 Å². The van der Waals surface area contributed by atoms with Gasteiger partial charge < -0.3 is 0 Å². The Labute approximate surface area is 119 Å². The van der Waals surface area contributed by atoms with E-state index in [0.29, 0.717) is 5.41 Å². The lowest BCUT2D eigenvalue weighted by atomic mass is 9.86. The van der Waals surface area contributed by atoms with E-state index in [-0.39, 0.29) is 0 Å². The lowest BCUT2D eigenvalue weighted by Gasteiger charge is -2.19. The Morgan fingerprint density at radius 2 is 1.95 bits per heavy atom. The Balaban J connectivity index is 2.03. The summed E-state index contributed by atoms with van der Waals surface area (Å²) in [6.45, 7) is 9.29. The fraction of sp³-hybridized carbons (Fsp3) is 0.684. The molecule has 2 unspecified atom stereocenters. The SMILES string of the molecule is CCCC1CCC(c2cccc(CC(C)(C)C)c2)C1. The van der Waals surface area contributed by atoms with E-state index in [1.807, 2.05) is 0 Å². The molecule has 1 saturated carbocycles. The van der Waals surface area contributed by atoms with Crippen LogP contribution in [0.5, 0.6) is 0 Å². The van der Waals surface area contributed by atoms with Gasteiger partial charge in [-0.15, -0.1) is 0 Å². The first-order chi connectivity index (χ1) is 8.98. The van der Waals surface area contributed by atoms with Crippen molar-refractivity contribution in [3.8, 4) is 0 Å². The zero-order valence-corrected chi connectivity index (χ0v) is 13.2. The van der Waals surface area contributed by atoms with Crippen molar-refractivity contribution in [2.24, 2.45) is 11.3 Å². The van der Waals surface area contributed by atoms with Gasteiger partial charge in [0.25, 0.3) is 0 Å². The molecule has 0 heteroatoms. The smallest absolute Gasteiger partial charge is 0.0159 e. The molecule has 0 amide bonds. The van der Waals surface area contributed by atoms with Gasteiger partial charge in [0, 0.05) is 0 Å². The molecule has 0 spiro atoms. The lowest BCUT2D eigenvalue weighted by Crippen LogP contribution is -2.09. The molecule has 0 nitrogen and oxygen atoms in total. The van der Waals surface area contributed by atoms with Crippen molar-refractivity contribution < 1.29 is 0 Å². The van der Waals surface area contributed by atoms with Gasteiger partial charge in [0.2, 0.25) is 0 Å². The van der Waals surface area contributed by atoms with Crippen LogP contribution in [0.2, 0.25) is 0 Å². The largest absolute Gasteiger partial charge is 0.0654 e. The monoisotopic (exact) mass is 258 g/mol. The van der Waals surface area contributed by atoms with Gasteiger partial charge in [-0.2, -0.15) is 0 Å². The second kappa shape index (κ2) is 6.11. The van der Waals surface area contributed by atoms with Crippen LogP contribution < -0.4 is 0 Å². The number of benzene rings is 1. The highest BCUT2D eigenvalue weighted by Crippen LogP contribution is 2.40. The van der Waals surface area contributed by atoms with Gasteiger partial charge in [-0.05, 0) is 54.1 Å². The zero-order valence-electron chi connectivity index (χ0n) is 13.2. The van der Waals surface area contributed by atoms with Crippen LogP contribution >= 0.6 is 0 Å². The fourth-order valence-corrected chi connectivity index (χ4v) is 3.62. The number of hydrogen-bond donors (Lipinski definition) is 0. The van der Waals surface area contributed by atoms with Crippen molar-refractivity contribution >= 4 is 0 Å². The molecule has 0 heterocycles. The second-order valence-corrected chi connectivity index (χ2v) is 7.65. The highest BCUT2D eigenvalue weighted by molar-refractivity contribution is 5.28. The van der Waals surface area contributed by atoms with Crippen molar-refractivity contribution in [2.75, 3.05) is 0 Å². The molecule has 2 atom stereocenters. The predicted molar refractivity (Wildman–Crippen MR) is 84.6 cm³/mol. The standard InChI is InChI=1S/C19H30/c1-5-7-15-10-11-18(12-15)17-9-6-8-16(13-17)14-19(2,3)4/h6,8-9,13,15,18H,5,7,10-12,14H2,1-4H3. The maximum atomic E-state index is 2.48. The molecular formula is C19H30. The van der Waals surface area contributed by atoms with Crippen LogP contribution in [-0.4, -0.2) is 0 Å². The lowest BCUT2D eigenvalue weighted by molar-refractivity contribution is 0.411. The molecule has 1 aliphatic rings. The van der Waals surface area contributed by atoms with E-state index in [9.17, 15) is 0 Å². The van der Waals surface area contributed by atoms with Crippen molar-refractivity contribution in [3.63, 3.8) is 0 Å². The molecule has 0 saturated heterocycles. The Kier molecular flexibility index (Phi) is 4.71. The van der Waals surface area contributed by atoms with Gasteiger partial charge in [-0.1, -0.05) is 64.8 Å². The van der Waals surface area contributed by atoms with Gasteiger partial charge in [-0.25, -0.2) is 0 Å². The average Bonchev–Trinajstić information content (AvgIpc) is 2.76. The third kappa shape index (κ3) is 4.37. The summed E-state index contributed by atoms with van der Waals surface area (Å²) < 4.78 is 0. The predicted octanol–water partition coefficient (Wildman–Crippen LogP) is 5.96. The third-order valence-corrected chi connectivity index (χ3v) is 4.40. The highest BCUT2D eigenvalue weighted by Gasteiger charge is 2.25. The fourth-order valence-electron chi connectivity index (χ4n) is 3.62. The summed E-state index contributed by atoms with van der Waals surface area (Å²) in [6.07, 6.45) is 8.24. The Hall–Kier alpha value is -0.780. The summed E-state index contributed by atoms with van der Waals surface area (Å²) in [7, 11) is 0. The minimum Gasteiger partial charge on any atom is -0.0654 e. The number of hydrogen-bond acceptors (Lipinski definition) is 0. The van der Waals surface area contributed by atoms with E-state index in [0.717, 1.165) is 11.8 Å². The highest BCUT2D eigenvalue weighted by atomic mass is 14.3. The molecule has 0 bridgehead atoms. The van der Waals surface area contributed by atoms with Crippen molar-refractivity contribution in [3.05, 3.63) is 35.4 Å².